The Labute approximate surface area is 107 Å². The van der Waals surface area contributed by atoms with E-state index in [2.05, 4.69) is 23.9 Å². The highest BCUT2D eigenvalue weighted by Crippen LogP contribution is 2.20. The third kappa shape index (κ3) is 5.84. The summed E-state index contributed by atoms with van der Waals surface area (Å²) in [6.07, 6.45) is 4.68. The fourth-order valence-electron chi connectivity index (χ4n) is 1.82. The molecule has 0 aliphatic carbocycles. The molecule has 0 aliphatic rings. The van der Waals surface area contributed by atoms with Crippen LogP contribution in [-0.4, -0.2) is 12.7 Å². The second-order valence-corrected chi connectivity index (χ2v) is 4.45. The number of ether oxygens (including phenoxy) is 1. The molecule has 102 valence electrons. The quantitative estimate of drug-likeness (QED) is 0.683. The van der Waals surface area contributed by atoms with Gasteiger partial charge in [0.25, 0.3) is 0 Å². The predicted octanol–water partition coefficient (Wildman–Crippen LogP) is 4.67. The highest BCUT2D eigenvalue weighted by molar-refractivity contribution is 5.48. The fraction of sp³-hybridized carbons (Fsp3) is 0.571. The van der Waals surface area contributed by atoms with Gasteiger partial charge >= 0.3 is 6.61 Å². The Morgan fingerprint density at radius 3 is 2.72 bits per heavy atom. The van der Waals surface area contributed by atoms with Crippen LogP contribution >= 0.6 is 0 Å². The Morgan fingerprint density at radius 1 is 1.28 bits per heavy atom. The molecule has 1 N–H and O–H groups in total. The Hall–Kier alpha value is -1.32. The van der Waals surface area contributed by atoms with E-state index in [1.807, 2.05) is 6.07 Å². The van der Waals surface area contributed by atoms with Crippen molar-refractivity contribution in [3.63, 3.8) is 0 Å². The van der Waals surface area contributed by atoms with Crippen LogP contribution in [0.2, 0.25) is 0 Å². The Balaban J connectivity index is 2.45. The molecule has 2 nitrogen and oxygen atoms in total. The topological polar surface area (TPSA) is 21.3 Å². The molecule has 0 saturated heterocycles. The second kappa shape index (κ2) is 7.90. The van der Waals surface area contributed by atoms with Crippen LogP contribution in [0.5, 0.6) is 5.75 Å². The van der Waals surface area contributed by atoms with Gasteiger partial charge in [0.2, 0.25) is 0 Å². The van der Waals surface area contributed by atoms with Gasteiger partial charge in [-0.2, -0.15) is 8.78 Å². The molecule has 1 aromatic rings. The van der Waals surface area contributed by atoms with Crippen molar-refractivity contribution in [2.45, 2.75) is 52.2 Å². The van der Waals surface area contributed by atoms with Gasteiger partial charge in [0, 0.05) is 17.8 Å². The predicted molar refractivity (Wildman–Crippen MR) is 70.3 cm³/mol. The molecular weight excluding hydrogens is 236 g/mol. The summed E-state index contributed by atoms with van der Waals surface area (Å²) in [5.74, 6) is 0.191. The molecule has 0 saturated carbocycles. The average molecular weight is 257 g/mol. The van der Waals surface area contributed by atoms with Gasteiger partial charge in [-0.3, -0.25) is 0 Å². The van der Waals surface area contributed by atoms with E-state index in [0.717, 1.165) is 12.1 Å². The van der Waals surface area contributed by atoms with Crippen molar-refractivity contribution in [2.24, 2.45) is 0 Å². The zero-order valence-corrected chi connectivity index (χ0v) is 11.0. The minimum absolute atomic E-state index is 0.191. The highest BCUT2D eigenvalue weighted by atomic mass is 19.3. The lowest BCUT2D eigenvalue weighted by molar-refractivity contribution is -0.0498. The largest absolute Gasteiger partial charge is 0.435 e. The summed E-state index contributed by atoms with van der Waals surface area (Å²) in [7, 11) is 0. The van der Waals surface area contributed by atoms with Crippen LogP contribution in [0.1, 0.15) is 39.5 Å². The van der Waals surface area contributed by atoms with E-state index in [9.17, 15) is 8.78 Å². The maximum Gasteiger partial charge on any atom is 0.387 e. The second-order valence-electron chi connectivity index (χ2n) is 4.45. The van der Waals surface area contributed by atoms with Crippen LogP contribution in [0.25, 0.3) is 0 Å². The third-order valence-electron chi connectivity index (χ3n) is 2.71. The van der Waals surface area contributed by atoms with E-state index in [-0.39, 0.29) is 5.75 Å². The monoisotopic (exact) mass is 257 g/mol. The maximum absolute atomic E-state index is 12.1. The first kappa shape index (κ1) is 14.7. The standard InChI is InChI=1S/C14H21F2NO/c1-3-4-5-7-11(2)17-12-8-6-9-13(10-12)18-14(15)16/h6,8-11,14,17H,3-5,7H2,1-2H3. The van der Waals surface area contributed by atoms with Crippen molar-refractivity contribution in [1.82, 2.24) is 0 Å². The molecule has 1 unspecified atom stereocenters. The minimum atomic E-state index is -2.78. The van der Waals surface area contributed by atoms with Crippen molar-refractivity contribution >= 4 is 5.69 Å². The smallest absolute Gasteiger partial charge is 0.387 e. The lowest BCUT2D eigenvalue weighted by Gasteiger charge is -2.15. The molecule has 1 aromatic carbocycles. The van der Waals surface area contributed by atoms with Gasteiger partial charge in [-0.1, -0.05) is 32.3 Å². The van der Waals surface area contributed by atoms with Gasteiger partial charge < -0.3 is 10.1 Å². The van der Waals surface area contributed by atoms with Crippen molar-refractivity contribution in [3.8, 4) is 5.75 Å². The lowest BCUT2D eigenvalue weighted by Crippen LogP contribution is -2.14. The van der Waals surface area contributed by atoms with Gasteiger partial charge in [-0.05, 0) is 25.5 Å². The van der Waals surface area contributed by atoms with Crippen LogP contribution in [0, 0.1) is 0 Å². The third-order valence-corrected chi connectivity index (χ3v) is 2.71. The number of rotatable bonds is 8. The Morgan fingerprint density at radius 2 is 2.06 bits per heavy atom. The summed E-state index contributed by atoms with van der Waals surface area (Å²) in [4.78, 5) is 0. The Kier molecular flexibility index (Phi) is 6.47. The SMILES string of the molecule is CCCCCC(C)Nc1cccc(OC(F)F)c1. The van der Waals surface area contributed by atoms with Crippen LogP contribution < -0.4 is 10.1 Å². The summed E-state index contributed by atoms with van der Waals surface area (Å²) in [6, 6.07) is 7.02. The van der Waals surface area contributed by atoms with Crippen LogP contribution in [0.15, 0.2) is 24.3 Å². The van der Waals surface area contributed by atoms with Crippen LogP contribution in [0.3, 0.4) is 0 Å². The number of anilines is 1. The van der Waals surface area contributed by atoms with Gasteiger partial charge in [0.15, 0.2) is 0 Å². The average Bonchev–Trinajstić information content (AvgIpc) is 2.28. The Bertz CT molecular complexity index is 344. The van der Waals surface area contributed by atoms with Crippen molar-refractivity contribution in [1.29, 1.82) is 0 Å². The van der Waals surface area contributed by atoms with Crippen molar-refractivity contribution in [3.05, 3.63) is 24.3 Å². The number of hydrogen-bond acceptors (Lipinski definition) is 2. The fourth-order valence-corrected chi connectivity index (χ4v) is 1.82. The summed E-state index contributed by atoms with van der Waals surface area (Å²) in [5.41, 5.74) is 0.817. The molecule has 18 heavy (non-hydrogen) atoms. The molecule has 0 bridgehead atoms. The number of hydrogen-bond donors (Lipinski definition) is 1. The highest BCUT2D eigenvalue weighted by Gasteiger charge is 2.06. The van der Waals surface area contributed by atoms with Crippen LogP contribution in [-0.2, 0) is 0 Å². The lowest BCUT2D eigenvalue weighted by atomic mass is 10.1. The number of alkyl halides is 2. The number of unbranched alkanes of at least 4 members (excludes halogenated alkanes) is 2. The molecule has 0 radical (unpaired) electrons. The van der Waals surface area contributed by atoms with Gasteiger partial charge in [-0.15, -0.1) is 0 Å². The van der Waals surface area contributed by atoms with E-state index in [0.29, 0.717) is 6.04 Å². The first-order valence-electron chi connectivity index (χ1n) is 6.43. The molecule has 4 heteroatoms. The number of benzene rings is 1. The maximum atomic E-state index is 12.1. The zero-order chi connectivity index (χ0) is 13.4. The van der Waals surface area contributed by atoms with Crippen LogP contribution in [0.4, 0.5) is 14.5 Å². The summed E-state index contributed by atoms with van der Waals surface area (Å²) < 4.78 is 28.5. The minimum Gasteiger partial charge on any atom is -0.435 e. The van der Waals surface area contributed by atoms with E-state index >= 15 is 0 Å². The van der Waals surface area contributed by atoms with Crippen molar-refractivity contribution < 1.29 is 13.5 Å². The van der Waals surface area contributed by atoms with E-state index in [1.54, 1.807) is 12.1 Å². The van der Waals surface area contributed by atoms with Gasteiger partial charge in [-0.25, -0.2) is 0 Å². The van der Waals surface area contributed by atoms with Gasteiger partial charge in [0.1, 0.15) is 5.75 Å². The zero-order valence-electron chi connectivity index (χ0n) is 11.0. The van der Waals surface area contributed by atoms with Crippen molar-refractivity contribution in [2.75, 3.05) is 5.32 Å². The molecule has 1 rings (SSSR count). The normalized spacial score (nSPS) is 12.5. The molecule has 0 fully saturated rings. The first-order valence-corrected chi connectivity index (χ1v) is 6.43. The summed E-state index contributed by atoms with van der Waals surface area (Å²) >= 11 is 0. The molecule has 0 aliphatic heterocycles. The number of nitrogens with one attached hydrogen (secondary N) is 1. The van der Waals surface area contributed by atoms with E-state index in [1.165, 1.54) is 25.3 Å². The molecule has 0 heterocycles. The van der Waals surface area contributed by atoms with E-state index < -0.39 is 6.61 Å². The molecule has 0 aromatic heterocycles. The molecular formula is C14H21F2NO. The molecule has 0 amide bonds. The summed E-state index contributed by atoms with van der Waals surface area (Å²) in [6.45, 7) is 1.49. The molecule has 0 spiro atoms. The molecule has 1 atom stereocenters. The van der Waals surface area contributed by atoms with Gasteiger partial charge in [0.05, 0.1) is 0 Å². The first-order chi connectivity index (χ1) is 8.61. The number of halogens is 2. The van der Waals surface area contributed by atoms with E-state index in [4.69, 9.17) is 0 Å². The summed E-state index contributed by atoms with van der Waals surface area (Å²) in [5, 5.41) is 3.29.